The monoisotopic (exact) mass is 247 g/mol. The summed E-state index contributed by atoms with van der Waals surface area (Å²) in [6, 6.07) is 9.42. The van der Waals surface area contributed by atoms with E-state index >= 15 is 0 Å². The van der Waals surface area contributed by atoms with Crippen LogP contribution in [0.5, 0.6) is 0 Å². The van der Waals surface area contributed by atoms with Gasteiger partial charge in [-0.25, -0.2) is 5.43 Å². The van der Waals surface area contributed by atoms with Gasteiger partial charge in [0.05, 0.1) is 13.3 Å². The SMILES string of the molecule is COC(=C\c1ccccc1)/C=N/NC(=O)C(N)=O. The molecule has 0 fully saturated rings. The van der Waals surface area contributed by atoms with E-state index in [0.717, 1.165) is 5.56 Å². The number of primary amides is 1. The smallest absolute Gasteiger partial charge is 0.329 e. The lowest BCUT2D eigenvalue weighted by atomic mass is 10.2. The van der Waals surface area contributed by atoms with Gasteiger partial charge in [-0.3, -0.25) is 9.59 Å². The summed E-state index contributed by atoms with van der Waals surface area (Å²) in [7, 11) is 1.47. The van der Waals surface area contributed by atoms with E-state index in [4.69, 9.17) is 10.5 Å². The second kappa shape index (κ2) is 6.85. The number of amides is 2. The first kappa shape index (κ1) is 13.4. The standard InChI is InChI=1S/C12H13N3O3/c1-18-10(7-9-5-3-2-4-6-9)8-14-15-12(17)11(13)16/h2-8H,1H3,(H2,13,16)(H,15,17)/b10-7-,14-8+. The molecule has 6 heteroatoms. The minimum atomic E-state index is -1.10. The second-order valence-electron chi connectivity index (χ2n) is 3.22. The van der Waals surface area contributed by atoms with Crippen LogP contribution in [-0.2, 0) is 14.3 Å². The highest BCUT2D eigenvalue weighted by atomic mass is 16.5. The summed E-state index contributed by atoms with van der Waals surface area (Å²) in [5, 5.41) is 3.54. The molecular weight excluding hydrogens is 234 g/mol. The van der Waals surface area contributed by atoms with Crippen molar-refractivity contribution in [2.45, 2.75) is 0 Å². The molecule has 3 N–H and O–H groups in total. The third kappa shape index (κ3) is 4.48. The first-order chi connectivity index (χ1) is 8.63. The van der Waals surface area contributed by atoms with E-state index in [9.17, 15) is 9.59 Å². The summed E-state index contributed by atoms with van der Waals surface area (Å²) in [6.45, 7) is 0. The number of allylic oxidation sites excluding steroid dienone is 1. The van der Waals surface area contributed by atoms with Crippen LogP contribution in [0, 0.1) is 0 Å². The molecule has 0 bridgehead atoms. The highest BCUT2D eigenvalue weighted by Gasteiger charge is 2.05. The molecular formula is C12H13N3O3. The molecule has 0 saturated carbocycles. The van der Waals surface area contributed by atoms with Gasteiger partial charge in [0, 0.05) is 0 Å². The number of carbonyl (C=O) groups excluding carboxylic acids is 2. The van der Waals surface area contributed by atoms with Crippen LogP contribution in [0.2, 0.25) is 0 Å². The Balaban J connectivity index is 2.68. The topological polar surface area (TPSA) is 93.8 Å². The summed E-state index contributed by atoms with van der Waals surface area (Å²) in [5.41, 5.74) is 7.62. The Bertz CT molecular complexity index is 481. The summed E-state index contributed by atoms with van der Waals surface area (Å²) < 4.78 is 5.04. The van der Waals surface area contributed by atoms with E-state index in [1.54, 1.807) is 6.08 Å². The maximum Gasteiger partial charge on any atom is 0.329 e. The number of ether oxygens (including phenoxy) is 1. The van der Waals surface area contributed by atoms with Crippen LogP contribution in [0.3, 0.4) is 0 Å². The van der Waals surface area contributed by atoms with E-state index in [1.165, 1.54) is 13.3 Å². The summed E-state index contributed by atoms with van der Waals surface area (Å²) in [5.74, 6) is -1.66. The van der Waals surface area contributed by atoms with Gasteiger partial charge in [0.15, 0.2) is 0 Å². The zero-order chi connectivity index (χ0) is 13.4. The van der Waals surface area contributed by atoms with Crippen LogP contribution in [0.15, 0.2) is 41.2 Å². The molecule has 2 amide bonds. The van der Waals surface area contributed by atoms with Crippen molar-refractivity contribution in [1.29, 1.82) is 0 Å². The molecule has 1 aromatic carbocycles. The number of nitrogens with zero attached hydrogens (tertiary/aromatic N) is 1. The lowest BCUT2D eigenvalue weighted by Gasteiger charge is -2.00. The van der Waals surface area contributed by atoms with Crippen LogP contribution in [-0.4, -0.2) is 25.1 Å². The molecule has 6 nitrogen and oxygen atoms in total. The van der Waals surface area contributed by atoms with Gasteiger partial charge in [-0.1, -0.05) is 30.3 Å². The third-order valence-electron chi connectivity index (χ3n) is 1.93. The third-order valence-corrected chi connectivity index (χ3v) is 1.93. The van der Waals surface area contributed by atoms with Gasteiger partial charge in [0.25, 0.3) is 0 Å². The zero-order valence-corrected chi connectivity index (χ0v) is 9.79. The molecule has 94 valence electrons. The Morgan fingerprint density at radius 2 is 2.00 bits per heavy atom. The van der Waals surface area contributed by atoms with Crippen molar-refractivity contribution in [2.24, 2.45) is 10.8 Å². The highest BCUT2D eigenvalue weighted by molar-refractivity contribution is 6.34. The van der Waals surface area contributed by atoms with E-state index in [2.05, 4.69) is 5.10 Å². The molecule has 0 unspecified atom stereocenters. The average molecular weight is 247 g/mol. The first-order valence-corrected chi connectivity index (χ1v) is 5.07. The van der Waals surface area contributed by atoms with Crippen LogP contribution < -0.4 is 11.2 Å². The van der Waals surface area contributed by atoms with Gasteiger partial charge < -0.3 is 10.5 Å². The van der Waals surface area contributed by atoms with E-state index < -0.39 is 11.8 Å². The molecule has 0 heterocycles. The summed E-state index contributed by atoms with van der Waals surface area (Å²) in [6.07, 6.45) is 2.99. The number of nitrogens with one attached hydrogen (secondary N) is 1. The predicted molar refractivity (Wildman–Crippen MR) is 67.3 cm³/mol. The van der Waals surface area contributed by atoms with Crippen molar-refractivity contribution in [3.63, 3.8) is 0 Å². The van der Waals surface area contributed by atoms with Crippen molar-refractivity contribution >= 4 is 24.1 Å². The Morgan fingerprint density at radius 1 is 1.33 bits per heavy atom. The molecule has 0 spiro atoms. The molecule has 0 aliphatic carbocycles. The number of benzene rings is 1. The largest absolute Gasteiger partial charge is 0.495 e. The summed E-state index contributed by atoms with van der Waals surface area (Å²) in [4.78, 5) is 21.2. The minimum Gasteiger partial charge on any atom is -0.495 e. The van der Waals surface area contributed by atoms with Gasteiger partial charge in [0.2, 0.25) is 0 Å². The minimum absolute atomic E-state index is 0.422. The second-order valence-corrected chi connectivity index (χ2v) is 3.22. The molecule has 0 aliphatic rings. The fraction of sp³-hybridized carbons (Fsp3) is 0.0833. The molecule has 1 aromatic rings. The molecule has 18 heavy (non-hydrogen) atoms. The lowest BCUT2D eigenvalue weighted by Crippen LogP contribution is -2.32. The van der Waals surface area contributed by atoms with Crippen molar-refractivity contribution in [3.8, 4) is 0 Å². The van der Waals surface area contributed by atoms with Crippen molar-refractivity contribution in [3.05, 3.63) is 41.7 Å². The Kier molecular flexibility index (Phi) is 5.11. The van der Waals surface area contributed by atoms with E-state index in [0.29, 0.717) is 5.76 Å². The molecule has 0 aromatic heterocycles. The lowest BCUT2D eigenvalue weighted by molar-refractivity contribution is -0.137. The van der Waals surface area contributed by atoms with Gasteiger partial charge in [-0.2, -0.15) is 5.10 Å². The highest BCUT2D eigenvalue weighted by Crippen LogP contribution is 2.05. The van der Waals surface area contributed by atoms with Crippen LogP contribution in [0.1, 0.15) is 5.56 Å². The Morgan fingerprint density at radius 3 is 2.56 bits per heavy atom. The van der Waals surface area contributed by atoms with Gasteiger partial charge in [-0.15, -0.1) is 0 Å². The zero-order valence-electron chi connectivity index (χ0n) is 9.79. The van der Waals surface area contributed by atoms with Crippen molar-refractivity contribution in [1.82, 2.24) is 5.43 Å². The summed E-state index contributed by atoms with van der Waals surface area (Å²) >= 11 is 0. The number of hydrogen-bond donors (Lipinski definition) is 2. The Hall–Kier alpha value is -2.63. The maximum atomic E-state index is 10.8. The van der Waals surface area contributed by atoms with Crippen molar-refractivity contribution in [2.75, 3.05) is 7.11 Å². The van der Waals surface area contributed by atoms with Gasteiger partial charge >= 0.3 is 11.8 Å². The Labute approximate surface area is 104 Å². The molecule has 0 aliphatic heterocycles. The van der Waals surface area contributed by atoms with E-state index in [1.807, 2.05) is 35.8 Å². The predicted octanol–water partition coefficient (Wildman–Crippen LogP) is 0.261. The quantitative estimate of drug-likeness (QED) is 0.346. The molecule has 0 radical (unpaired) electrons. The number of methoxy groups -OCH3 is 1. The number of nitrogens with two attached hydrogens (primary N) is 1. The number of carbonyl (C=O) groups is 2. The molecule has 0 atom stereocenters. The fourth-order valence-electron chi connectivity index (χ4n) is 1.07. The normalized spacial score (nSPS) is 11.3. The van der Waals surface area contributed by atoms with Gasteiger partial charge in [-0.05, 0) is 11.6 Å². The van der Waals surface area contributed by atoms with Crippen LogP contribution in [0.25, 0.3) is 6.08 Å². The van der Waals surface area contributed by atoms with Crippen LogP contribution in [0.4, 0.5) is 0 Å². The van der Waals surface area contributed by atoms with Gasteiger partial charge in [0.1, 0.15) is 5.76 Å². The number of hydrogen-bond acceptors (Lipinski definition) is 4. The van der Waals surface area contributed by atoms with Crippen molar-refractivity contribution < 1.29 is 14.3 Å². The number of hydrazone groups is 1. The number of rotatable bonds is 4. The average Bonchev–Trinajstić information content (AvgIpc) is 2.38. The molecule has 0 saturated heterocycles. The fourth-order valence-corrected chi connectivity index (χ4v) is 1.07. The first-order valence-electron chi connectivity index (χ1n) is 5.07. The van der Waals surface area contributed by atoms with Crippen LogP contribution >= 0.6 is 0 Å². The maximum absolute atomic E-state index is 10.8. The van der Waals surface area contributed by atoms with E-state index in [-0.39, 0.29) is 0 Å². The molecule has 1 rings (SSSR count).